The van der Waals surface area contributed by atoms with Crippen molar-refractivity contribution in [1.82, 2.24) is 4.90 Å². The summed E-state index contributed by atoms with van der Waals surface area (Å²) in [7, 11) is 0. The van der Waals surface area contributed by atoms with Crippen LogP contribution in [0.1, 0.15) is 38.3 Å². The van der Waals surface area contributed by atoms with Crippen LogP contribution in [0.5, 0.6) is 0 Å². The van der Waals surface area contributed by atoms with Gasteiger partial charge in [0.2, 0.25) is 11.8 Å². The molecule has 0 saturated heterocycles. The van der Waals surface area contributed by atoms with Crippen LogP contribution >= 0.6 is 0 Å². The van der Waals surface area contributed by atoms with Crippen molar-refractivity contribution in [2.24, 2.45) is 5.92 Å². The molecule has 4 heteroatoms. The summed E-state index contributed by atoms with van der Waals surface area (Å²) in [6.07, 6.45) is 2.06. The van der Waals surface area contributed by atoms with Crippen molar-refractivity contribution in [3.63, 3.8) is 0 Å². The number of hydrogen-bond donors (Lipinski definition) is 1. The molecule has 0 spiro atoms. The van der Waals surface area contributed by atoms with Gasteiger partial charge in [0.25, 0.3) is 0 Å². The van der Waals surface area contributed by atoms with Gasteiger partial charge in [0.1, 0.15) is 6.04 Å². The third-order valence-corrected chi connectivity index (χ3v) is 4.49. The van der Waals surface area contributed by atoms with E-state index in [0.717, 1.165) is 11.1 Å². The van der Waals surface area contributed by atoms with Crippen LogP contribution in [0.3, 0.4) is 0 Å². The number of carbonyl (C=O) groups is 2. The Bertz CT molecular complexity index is 784. The van der Waals surface area contributed by atoms with E-state index in [-0.39, 0.29) is 17.7 Å². The monoisotopic (exact) mass is 364 g/mol. The zero-order valence-electron chi connectivity index (χ0n) is 16.3. The van der Waals surface area contributed by atoms with Crippen LogP contribution in [0.15, 0.2) is 61.2 Å². The van der Waals surface area contributed by atoms with E-state index in [4.69, 9.17) is 0 Å². The number of nitrogens with zero attached hydrogens (tertiary/aromatic N) is 1. The molecule has 2 rings (SSSR count). The molecule has 27 heavy (non-hydrogen) atoms. The first-order chi connectivity index (χ1) is 13.0. The van der Waals surface area contributed by atoms with Crippen LogP contribution < -0.4 is 5.32 Å². The lowest BCUT2D eigenvalue weighted by Crippen LogP contribution is -2.49. The molecule has 0 fully saturated rings. The Labute approximate surface area is 161 Å². The van der Waals surface area contributed by atoms with Crippen molar-refractivity contribution in [1.29, 1.82) is 0 Å². The van der Waals surface area contributed by atoms with Crippen LogP contribution in [-0.4, -0.2) is 22.8 Å². The highest BCUT2D eigenvalue weighted by atomic mass is 16.2. The first-order valence-corrected chi connectivity index (χ1v) is 9.33. The second-order valence-corrected chi connectivity index (χ2v) is 6.83. The van der Waals surface area contributed by atoms with E-state index in [1.807, 2.05) is 75.4 Å². The molecular formula is C23H28N2O2. The van der Waals surface area contributed by atoms with Gasteiger partial charge in [-0.3, -0.25) is 9.59 Å². The summed E-state index contributed by atoms with van der Waals surface area (Å²) in [6, 6.07) is 16.7. The minimum atomic E-state index is -0.560. The second kappa shape index (κ2) is 9.72. The van der Waals surface area contributed by atoms with Crippen molar-refractivity contribution >= 4 is 23.6 Å². The second-order valence-electron chi connectivity index (χ2n) is 6.83. The Morgan fingerprint density at radius 1 is 1.07 bits per heavy atom. The number of carbonyl (C=O) groups excluding carboxylic acids is 2. The maximum Gasteiger partial charge on any atom is 0.247 e. The van der Waals surface area contributed by atoms with Gasteiger partial charge in [-0.2, -0.15) is 0 Å². The van der Waals surface area contributed by atoms with Gasteiger partial charge in [-0.1, -0.05) is 82.0 Å². The van der Waals surface area contributed by atoms with Crippen molar-refractivity contribution in [2.75, 3.05) is 5.32 Å². The summed E-state index contributed by atoms with van der Waals surface area (Å²) in [6.45, 7) is 9.95. The molecule has 0 heterocycles. The molecule has 0 aliphatic rings. The topological polar surface area (TPSA) is 49.4 Å². The van der Waals surface area contributed by atoms with E-state index in [1.165, 1.54) is 0 Å². The Balaban J connectivity index is 2.31. The molecule has 1 unspecified atom stereocenters. The van der Waals surface area contributed by atoms with E-state index in [0.29, 0.717) is 18.7 Å². The zero-order valence-corrected chi connectivity index (χ0v) is 16.3. The lowest BCUT2D eigenvalue weighted by molar-refractivity contribution is -0.140. The summed E-state index contributed by atoms with van der Waals surface area (Å²) >= 11 is 0. The molecule has 0 aliphatic carbocycles. The summed E-state index contributed by atoms with van der Waals surface area (Å²) in [5, 5.41) is 2.98. The molecule has 0 radical (unpaired) electrons. The molecule has 2 aromatic rings. The number of nitrogens with one attached hydrogen (secondary N) is 1. The molecule has 0 aromatic heterocycles. The number of hydrogen-bond acceptors (Lipinski definition) is 2. The van der Waals surface area contributed by atoms with Gasteiger partial charge in [-0.05, 0) is 23.1 Å². The largest absolute Gasteiger partial charge is 0.326 e. The van der Waals surface area contributed by atoms with E-state index in [1.54, 1.807) is 11.0 Å². The number of anilines is 1. The lowest BCUT2D eigenvalue weighted by atomic mass is 9.99. The SMILES string of the molecule is C=Cc1ccccc1NC(=O)C(C(C)C)N(Cc1ccccc1)C(=O)CC. The molecule has 1 atom stereocenters. The average molecular weight is 364 g/mol. The molecule has 142 valence electrons. The third kappa shape index (κ3) is 5.30. The zero-order chi connectivity index (χ0) is 19.8. The maximum absolute atomic E-state index is 13.1. The average Bonchev–Trinajstić information content (AvgIpc) is 2.67. The minimum absolute atomic E-state index is 0.0277. The first-order valence-electron chi connectivity index (χ1n) is 9.33. The van der Waals surface area contributed by atoms with Gasteiger partial charge >= 0.3 is 0 Å². The number of amides is 2. The number of para-hydroxylation sites is 1. The summed E-state index contributed by atoms with van der Waals surface area (Å²) in [5.74, 6) is -0.248. The van der Waals surface area contributed by atoms with Crippen molar-refractivity contribution in [2.45, 2.75) is 39.8 Å². The Morgan fingerprint density at radius 2 is 1.70 bits per heavy atom. The van der Waals surface area contributed by atoms with Gasteiger partial charge < -0.3 is 10.2 Å². The molecule has 2 amide bonds. The lowest BCUT2D eigenvalue weighted by Gasteiger charge is -2.33. The molecule has 4 nitrogen and oxygen atoms in total. The van der Waals surface area contributed by atoms with Crippen LogP contribution in [0.2, 0.25) is 0 Å². The van der Waals surface area contributed by atoms with Gasteiger partial charge in [0, 0.05) is 18.7 Å². The van der Waals surface area contributed by atoms with E-state index < -0.39 is 6.04 Å². The fourth-order valence-corrected chi connectivity index (χ4v) is 3.12. The molecule has 2 aromatic carbocycles. The van der Waals surface area contributed by atoms with Gasteiger partial charge in [0.05, 0.1) is 0 Å². The van der Waals surface area contributed by atoms with Gasteiger partial charge in [-0.25, -0.2) is 0 Å². The highest BCUT2D eigenvalue weighted by molar-refractivity contribution is 5.98. The predicted octanol–water partition coefficient (Wildman–Crippen LogP) is 4.73. The van der Waals surface area contributed by atoms with Gasteiger partial charge in [-0.15, -0.1) is 0 Å². The summed E-state index contributed by atoms with van der Waals surface area (Å²) < 4.78 is 0. The van der Waals surface area contributed by atoms with Gasteiger partial charge in [0.15, 0.2) is 0 Å². The smallest absolute Gasteiger partial charge is 0.247 e. The first kappa shape index (κ1) is 20.4. The molecule has 0 bridgehead atoms. The Morgan fingerprint density at radius 3 is 2.30 bits per heavy atom. The van der Waals surface area contributed by atoms with Crippen LogP contribution in [0.25, 0.3) is 6.08 Å². The molecular weight excluding hydrogens is 336 g/mol. The third-order valence-electron chi connectivity index (χ3n) is 4.49. The summed E-state index contributed by atoms with van der Waals surface area (Å²) in [5.41, 5.74) is 2.56. The molecule has 0 saturated carbocycles. The Hall–Kier alpha value is -2.88. The standard InChI is InChI=1S/C23H28N2O2/c1-5-19-14-10-11-15-20(19)24-23(27)22(17(3)4)25(21(26)6-2)16-18-12-8-7-9-13-18/h5,7-15,17,22H,1,6,16H2,2-4H3,(H,24,27). The number of rotatable bonds is 8. The molecule has 0 aliphatic heterocycles. The normalized spacial score (nSPS) is 11.7. The van der Waals surface area contributed by atoms with E-state index >= 15 is 0 Å². The van der Waals surface area contributed by atoms with Crippen molar-refractivity contribution in [3.05, 3.63) is 72.3 Å². The fourth-order valence-electron chi connectivity index (χ4n) is 3.12. The number of benzene rings is 2. The maximum atomic E-state index is 13.1. The predicted molar refractivity (Wildman–Crippen MR) is 111 cm³/mol. The van der Waals surface area contributed by atoms with E-state index in [9.17, 15) is 9.59 Å². The van der Waals surface area contributed by atoms with Crippen molar-refractivity contribution < 1.29 is 9.59 Å². The van der Waals surface area contributed by atoms with Crippen LogP contribution in [0.4, 0.5) is 5.69 Å². The van der Waals surface area contributed by atoms with Crippen LogP contribution in [0, 0.1) is 5.92 Å². The molecule has 1 N–H and O–H groups in total. The van der Waals surface area contributed by atoms with E-state index in [2.05, 4.69) is 11.9 Å². The fraction of sp³-hybridized carbons (Fsp3) is 0.304. The quantitative estimate of drug-likeness (QED) is 0.736. The van der Waals surface area contributed by atoms with Crippen molar-refractivity contribution in [3.8, 4) is 0 Å². The highest BCUT2D eigenvalue weighted by Gasteiger charge is 2.32. The highest BCUT2D eigenvalue weighted by Crippen LogP contribution is 2.21. The summed E-state index contributed by atoms with van der Waals surface area (Å²) in [4.78, 5) is 27.5. The van der Waals surface area contributed by atoms with Crippen LogP contribution in [-0.2, 0) is 16.1 Å². The Kier molecular flexibility index (Phi) is 7.35. The minimum Gasteiger partial charge on any atom is -0.326 e.